The van der Waals surface area contributed by atoms with E-state index in [1.165, 1.54) is 10.5 Å². The van der Waals surface area contributed by atoms with Gasteiger partial charge in [0.25, 0.3) is 11.1 Å². The molecule has 176 valence electrons. The van der Waals surface area contributed by atoms with Crippen molar-refractivity contribution in [3.8, 4) is 11.8 Å². The number of nitrogens with zero attached hydrogens (tertiary/aromatic N) is 2. The van der Waals surface area contributed by atoms with Gasteiger partial charge in [0.05, 0.1) is 23.1 Å². The van der Waals surface area contributed by atoms with Crippen LogP contribution >= 0.6 is 11.8 Å². The molecule has 0 bridgehead atoms. The van der Waals surface area contributed by atoms with Gasteiger partial charge in [0.15, 0.2) is 0 Å². The average molecular weight is 491 g/mol. The predicted octanol–water partition coefficient (Wildman–Crippen LogP) is 6.84. The highest BCUT2D eigenvalue weighted by molar-refractivity contribution is 8.18. The van der Waals surface area contributed by atoms with Crippen LogP contribution in [-0.4, -0.2) is 16.0 Å². The number of thioether (sulfide) groups is 1. The van der Waals surface area contributed by atoms with Gasteiger partial charge in [-0.3, -0.25) is 14.5 Å². The molecular weight excluding hydrogens is 468 g/mol. The van der Waals surface area contributed by atoms with Gasteiger partial charge in [-0.2, -0.15) is 5.26 Å². The van der Waals surface area contributed by atoms with Crippen molar-refractivity contribution < 1.29 is 14.3 Å². The van der Waals surface area contributed by atoms with E-state index in [0.29, 0.717) is 28.4 Å². The molecule has 1 heterocycles. The standard InChI is InChI=1S/C30H22N2O3S/c1-20-10-12-21(13-11-20)19-35-27-15-14-22-6-4-5-9-25(22)26(27)16-28-29(33)32(30(34)36-28)18-24-8-3-2-7-23(24)17-31/h2-16H,18-19H2,1H3/b28-16+. The molecule has 0 N–H and O–H groups in total. The molecule has 4 aromatic carbocycles. The molecule has 1 aliphatic rings. The molecule has 0 radical (unpaired) electrons. The Labute approximate surface area is 213 Å². The molecule has 0 aromatic heterocycles. The maximum absolute atomic E-state index is 13.3. The van der Waals surface area contributed by atoms with Crippen molar-refractivity contribution in [1.29, 1.82) is 5.26 Å². The number of aryl methyl sites for hydroxylation is 1. The number of hydrogen-bond acceptors (Lipinski definition) is 5. The molecule has 1 fully saturated rings. The number of fused-ring (bicyclic) bond motifs is 1. The number of amides is 2. The van der Waals surface area contributed by atoms with Gasteiger partial charge in [0.1, 0.15) is 12.4 Å². The molecule has 2 amide bonds. The van der Waals surface area contributed by atoms with E-state index in [-0.39, 0.29) is 17.7 Å². The second-order valence-electron chi connectivity index (χ2n) is 8.51. The first kappa shape index (κ1) is 23.4. The normalized spacial score (nSPS) is 14.4. The van der Waals surface area contributed by atoms with Gasteiger partial charge in [0, 0.05) is 5.56 Å². The van der Waals surface area contributed by atoms with E-state index in [9.17, 15) is 14.9 Å². The molecule has 4 aromatic rings. The highest BCUT2D eigenvalue weighted by Crippen LogP contribution is 2.37. The lowest BCUT2D eigenvalue weighted by molar-refractivity contribution is -0.123. The minimum atomic E-state index is -0.379. The molecule has 0 unspecified atom stereocenters. The fourth-order valence-electron chi connectivity index (χ4n) is 4.10. The molecule has 6 heteroatoms. The number of nitriles is 1. The maximum Gasteiger partial charge on any atom is 0.293 e. The van der Waals surface area contributed by atoms with Crippen molar-refractivity contribution in [2.24, 2.45) is 0 Å². The summed E-state index contributed by atoms with van der Waals surface area (Å²) < 4.78 is 6.20. The second kappa shape index (κ2) is 10.1. The van der Waals surface area contributed by atoms with Crippen LogP contribution in [0.4, 0.5) is 4.79 Å². The van der Waals surface area contributed by atoms with E-state index in [1.54, 1.807) is 30.3 Å². The van der Waals surface area contributed by atoms with Gasteiger partial charge in [0.2, 0.25) is 0 Å². The van der Waals surface area contributed by atoms with Crippen molar-refractivity contribution >= 4 is 39.8 Å². The van der Waals surface area contributed by atoms with Crippen LogP contribution in [0, 0.1) is 18.3 Å². The molecule has 5 nitrogen and oxygen atoms in total. The lowest BCUT2D eigenvalue weighted by Gasteiger charge is -2.14. The van der Waals surface area contributed by atoms with Crippen LogP contribution in [0.25, 0.3) is 16.8 Å². The second-order valence-corrected chi connectivity index (χ2v) is 9.50. The highest BCUT2D eigenvalue weighted by Gasteiger charge is 2.35. The molecule has 36 heavy (non-hydrogen) atoms. The predicted molar refractivity (Wildman–Crippen MR) is 142 cm³/mol. The van der Waals surface area contributed by atoms with Crippen LogP contribution in [0.5, 0.6) is 5.75 Å². The Morgan fingerprint density at radius 2 is 1.69 bits per heavy atom. The number of benzene rings is 4. The lowest BCUT2D eigenvalue weighted by Crippen LogP contribution is -2.27. The van der Waals surface area contributed by atoms with Crippen molar-refractivity contribution in [2.75, 3.05) is 0 Å². The zero-order valence-corrected chi connectivity index (χ0v) is 20.4. The number of carbonyl (C=O) groups excluding carboxylic acids is 2. The zero-order chi connectivity index (χ0) is 25.1. The Kier molecular flexibility index (Phi) is 6.57. The first-order valence-electron chi connectivity index (χ1n) is 11.5. The van der Waals surface area contributed by atoms with E-state index >= 15 is 0 Å². The van der Waals surface area contributed by atoms with E-state index in [0.717, 1.165) is 33.7 Å². The molecule has 0 aliphatic carbocycles. The summed E-state index contributed by atoms with van der Waals surface area (Å²) in [6.07, 6.45) is 1.74. The van der Waals surface area contributed by atoms with Crippen LogP contribution in [0.3, 0.4) is 0 Å². The van der Waals surface area contributed by atoms with Gasteiger partial charge in [-0.1, -0.05) is 78.4 Å². The van der Waals surface area contributed by atoms with Gasteiger partial charge >= 0.3 is 0 Å². The number of hydrogen-bond donors (Lipinski definition) is 0. The molecule has 0 spiro atoms. The van der Waals surface area contributed by atoms with Crippen LogP contribution in [-0.2, 0) is 17.9 Å². The summed E-state index contributed by atoms with van der Waals surface area (Å²) in [7, 11) is 0. The Morgan fingerprint density at radius 3 is 2.50 bits per heavy atom. The zero-order valence-electron chi connectivity index (χ0n) is 19.6. The average Bonchev–Trinajstić information content (AvgIpc) is 3.16. The highest BCUT2D eigenvalue weighted by atomic mass is 32.2. The van der Waals surface area contributed by atoms with Crippen molar-refractivity contribution in [3.05, 3.63) is 118 Å². The van der Waals surface area contributed by atoms with Gasteiger partial charge < -0.3 is 4.74 Å². The van der Waals surface area contributed by atoms with Crippen LogP contribution < -0.4 is 4.74 Å². The molecule has 5 rings (SSSR count). The summed E-state index contributed by atoms with van der Waals surface area (Å²) in [5.74, 6) is 0.256. The fourth-order valence-corrected chi connectivity index (χ4v) is 4.92. The largest absolute Gasteiger partial charge is 0.488 e. The third kappa shape index (κ3) is 4.74. The summed E-state index contributed by atoms with van der Waals surface area (Å²) in [6.45, 7) is 2.47. The fraction of sp³-hybridized carbons (Fsp3) is 0.100. The monoisotopic (exact) mass is 490 g/mol. The van der Waals surface area contributed by atoms with E-state index < -0.39 is 0 Å². The quantitative estimate of drug-likeness (QED) is 0.277. The van der Waals surface area contributed by atoms with Crippen LogP contribution in [0.1, 0.15) is 27.8 Å². The van der Waals surface area contributed by atoms with Crippen LogP contribution in [0.2, 0.25) is 0 Å². The molecule has 0 atom stereocenters. The topological polar surface area (TPSA) is 70.4 Å². The number of carbonyl (C=O) groups is 2. The van der Waals surface area contributed by atoms with Crippen molar-refractivity contribution in [1.82, 2.24) is 4.90 Å². The minimum absolute atomic E-state index is 0.0536. The van der Waals surface area contributed by atoms with Gasteiger partial charge in [-0.25, -0.2) is 0 Å². The third-order valence-corrected chi connectivity index (χ3v) is 6.97. The van der Waals surface area contributed by atoms with Crippen LogP contribution in [0.15, 0.2) is 89.8 Å². The van der Waals surface area contributed by atoms with E-state index in [2.05, 4.69) is 6.07 Å². The van der Waals surface area contributed by atoms with E-state index in [1.807, 2.05) is 67.6 Å². The molecular formula is C30H22N2O3S. The number of ether oxygens (including phenoxy) is 1. The molecule has 0 saturated carbocycles. The Hall–Kier alpha value is -4.34. The smallest absolute Gasteiger partial charge is 0.293 e. The van der Waals surface area contributed by atoms with E-state index in [4.69, 9.17) is 4.74 Å². The van der Waals surface area contributed by atoms with Crippen molar-refractivity contribution in [2.45, 2.75) is 20.1 Å². The summed E-state index contributed by atoms with van der Waals surface area (Å²) in [5, 5.41) is 11.0. The SMILES string of the molecule is Cc1ccc(COc2ccc3ccccc3c2/C=C2/SC(=O)N(Cc3ccccc3C#N)C2=O)cc1. The van der Waals surface area contributed by atoms with Crippen molar-refractivity contribution in [3.63, 3.8) is 0 Å². The maximum atomic E-state index is 13.3. The summed E-state index contributed by atoms with van der Waals surface area (Å²) in [4.78, 5) is 27.6. The Bertz CT molecular complexity index is 1550. The minimum Gasteiger partial charge on any atom is -0.488 e. The van der Waals surface area contributed by atoms with Gasteiger partial charge in [-0.15, -0.1) is 0 Å². The lowest BCUT2D eigenvalue weighted by atomic mass is 10.0. The summed E-state index contributed by atoms with van der Waals surface area (Å²) in [6, 6.07) is 29.0. The Balaban J connectivity index is 1.48. The summed E-state index contributed by atoms with van der Waals surface area (Å²) >= 11 is 0.903. The third-order valence-electron chi connectivity index (χ3n) is 6.06. The first-order valence-corrected chi connectivity index (χ1v) is 12.3. The summed E-state index contributed by atoms with van der Waals surface area (Å²) in [5.41, 5.74) is 4.05. The number of imide groups is 1. The van der Waals surface area contributed by atoms with Gasteiger partial charge in [-0.05, 0) is 58.8 Å². The first-order chi connectivity index (χ1) is 17.5. The Morgan fingerprint density at radius 1 is 0.944 bits per heavy atom. The molecule has 1 aliphatic heterocycles. The number of rotatable bonds is 6. The molecule has 1 saturated heterocycles.